The molecule has 1 aliphatic heterocycles. The third-order valence-electron chi connectivity index (χ3n) is 3.94. The fraction of sp³-hybridized carbons (Fsp3) is 0.500. The summed E-state index contributed by atoms with van der Waals surface area (Å²) in [7, 11) is 0. The Morgan fingerprint density at radius 2 is 2.14 bits per heavy atom. The van der Waals surface area contributed by atoms with Crippen molar-refractivity contribution in [1.29, 1.82) is 0 Å². The average molecular weight is 290 g/mol. The molecule has 5 heteroatoms. The molecule has 3 atom stereocenters. The van der Waals surface area contributed by atoms with Crippen molar-refractivity contribution in [2.75, 3.05) is 6.54 Å². The van der Waals surface area contributed by atoms with Gasteiger partial charge in [-0.1, -0.05) is 37.3 Å². The predicted molar refractivity (Wildman–Crippen MR) is 79.2 cm³/mol. The number of hydrogen-bond donors (Lipinski definition) is 3. The van der Waals surface area contributed by atoms with Gasteiger partial charge in [0, 0.05) is 19.0 Å². The average Bonchev–Trinajstić information content (AvgIpc) is 2.90. The molecule has 1 saturated heterocycles. The van der Waals surface area contributed by atoms with Crippen molar-refractivity contribution >= 4 is 11.8 Å². The Morgan fingerprint density at radius 1 is 1.43 bits per heavy atom. The lowest BCUT2D eigenvalue weighted by Gasteiger charge is -2.20. The number of nitrogens with one attached hydrogen (secondary N) is 2. The third-order valence-corrected chi connectivity index (χ3v) is 3.94. The van der Waals surface area contributed by atoms with Gasteiger partial charge in [-0.3, -0.25) is 9.59 Å². The molecule has 1 aliphatic rings. The highest BCUT2D eigenvalue weighted by molar-refractivity contribution is 5.82. The molecule has 0 radical (unpaired) electrons. The molecule has 3 N–H and O–H groups in total. The standard InChI is InChI=1S/C16H22N2O3/c1-11(9-13-7-8-17-15(13)20)14(19)16(21)18-10-12-5-3-2-4-6-12/h2-6,11,13-14,19H,7-10H2,1H3,(H,17,20)(H,18,21)/t11-,13-,14?/m0/s1. The molecule has 1 heterocycles. The number of rotatable bonds is 6. The number of carbonyl (C=O) groups excluding carboxylic acids is 2. The van der Waals surface area contributed by atoms with E-state index in [1.807, 2.05) is 30.3 Å². The lowest BCUT2D eigenvalue weighted by Crippen LogP contribution is -2.39. The van der Waals surface area contributed by atoms with Crippen molar-refractivity contribution in [3.05, 3.63) is 35.9 Å². The van der Waals surface area contributed by atoms with Crippen LogP contribution in [-0.4, -0.2) is 29.6 Å². The van der Waals surface area contributed by atoms with Crippen molar-refractivity contribution in [1.82, 2.24) is 10.6 Å². The number of amides is 2. The summed E-state index contributed by atoms with van der Waals surface area (Å²) < 4.78 is 0. The minimum Gasteiger partial charge on any atom is -0.383 e. The van der Waals surface area contributed by atoms with Gasteiger partial charge >= 0.3 is 0 Å². The van der Waals surface area contributed by atoms with Gasteiger partial charge in [0.2, 0.25) is 11.8 Å². The van der Waals surface area contributed by atoms with Crippen molar-refractivity contribution in [2.24, 2.45) is 11.8 Å². The van der Waals surface area contributed by atoms with Crippen LogP contribution in [0.5, 0.6) is 0 Å². The predicted octanol–water partition coefficient (Wildman–Crippen LogP) is 0.826. The Labute approximate surface area is 124 Å². The summed E-state index contributed by atoms with van der Waals surface area (Å²) in [5, 5.41) is 15.6. The van der Waals surface area contributed by atoms with Crippen molar-refractivity contribution in [2.45, 2.75) is 32.4 Å². The first-order valence-electron chi connectivity index (χ1n) is 7.35. The second kappa shape index (κ2) is 7.22. The molecule has 0 spiro atoms. The van der Waals surface area contributed by atoms with Crippen LogP contribution in [0.2, 0.25) is 0 Å². The van der Waals surface area contributed by atoms with Crippen LogP contribution >= 0.6 is 0 Å². The van der Waals surface area contributed by atoms with Gasteiger partial charge in [0.05, 0.1) is 0 Å². The highest BCUT2D eigenvalue weighted by Gasteiger charge is 2.30. The van der Waals surface area contributed by atoms with Crippen LogP contribution in [-0.2, 0) is 16.1 Å². The summed E-state index contributed by atoms with van der Waals surface area (Å²) in [6.07, 6.45) is 0.231. The first-order chi connectivity index (χ1) is 10.1. The minimum atomic E-state index is -1.08. The lowest BCUT2D eigenvalue weighted by molar-refractivity contribution is -0.133. The summed E-state index contributed by atoms with van der Waals surface area (Å²) in [4.78, 5) is 23.5. The minimum absolute atomic E-state index is 0.0266. The van der Waals surface area contributed by atoms with Crippen molar-refractivity contribution in [3.63, 3.8) is 0 Å². The smallest absolute Gasteiger partial charge is 0.249 e. The van der Waals surface area contributed by atoms with E-state index in [1.165, 1.54) is 0 Å². The second-order valence-electron chi connectivity index (χ2n) is 5.64. The Hall–Kier alpha value is -1.88. The van der Waals surface area contributed by atoms with E-state index in [4.69, 9.17) is 0 Å². The molecular weight excluding hydrogens is 268 g/mol. The fourth-order valence-corrected chi connectivity index (χ4v) is 2.60. The number of benzene rings is 1. The van der Waals surface area contributed by atoms with E-state index >= 15 is 0 Å². The van der Waals surface area contributed by atoms with Crippen LogP contribution in [0.15, 0.2) is 30.3 Å². The van der Waals surface area contributed by atoms with Crippen LogP contribution in [0.1, 0.15) is 25.3 Å². The van der Waals surface area contributed by atoms with E-state index in [2.05, 4.69) is 10.6 Å². The molecule has 5 nitrogen and oxygen atoms in total. The summed E-state index contributed by atoms with van der Waals surface area (Å²) in [5.41, 5.74) is 0.987. The third kappa shape index (κ3) is 4.29. The molecule has 0 saturated carbocycles. The number of aliphatic hydroxyl groups is 1. The van der Waals surface area contributed by atoms with Crippen LogP contribution in [0.3, 0.4) is 0 Å². The zero-order valence-corrected chi connectivity index (χ0v) is 12.2. The van der Waals surface area contributed by atoms with Gasteiger partial charge < -0.3 is 15.7 Å². The summed E-state index contributed by atoms with van der Waals surface area (Å²) in [6, 6.07) is 9.55. The highest BCUT2D eigenvalue weighted by atomic mass is 16.3. The second-order valence-corrected chi connectivity index (χ2v) is 5.64. The first-order valence-corrected chi connectivity index (χ1v) is 7.35. The van der Waals surface area contributed by atoms with Crippen LogP contribution in [0, 0.1) is 11.8 Å². The molecule has 21 heavy (non-hydrogen) atoms. The largest absolute Gasteiger partial charge is 0.383 e. The molecule has 1 aromatic rings. The van der Waals surface area contributed by atoms with E-state index < -0.39 is 6.10 Å². The molecular formula is C16H22N2O3. The maximum atomic E-state index is 12.0. The van der Waals surface area contributed by atoms with Crippen LogP contribution < -0.4 is 10.6 Å². The van der Waals surface area contributed by atoms with E-state index in [9.17, 15) is 14.7 Å². The van der Waals surface area contributed by atoms with E-state index in [0.29, 0.717) is 19.5 Å². The molecule has 0 aromatic heterocycles. The summed E-state index contributed by atoms with van der Waals surface area (Å²) in [6.45, 7) is 2.89. The van der Waals surface area contributed by atoms with Gasteiger partial charge in [-0.25, -0.2) is 0 Å². The molecule has 0 aliphatic carbocycles. The van der Waals surface area contributed by atoms with Crippen LogP contribution in [0.4, 0.5) is 0 Å². The van der Waals surface area contributed by atoms with Crippen molar-refractivity contribution in [3.8, 4) is 0 Å². The zero-order chi connectivity index (χ0) is 15.2. The number of hydrogen-bond acceptors (Lipinski definition) is 3. The molecule has 1 fully saturated rings. The molecule has 2 rings (SSSR count). The zero-order valence-electron chi connectivity index (χ0n) is 12.2. The Bertz CT molecular complexity index is 490. The highest BCUT2D eigenvalue weighted by Crippen LogP contribution is 2.21. The quantitative estimate of drug-likeness (QED) is 0.726. The molecule has 1 aromatic carbocycles. The van der Waals surface area contributed by atoms with Gasteiger partial charge in [0.1, 0.15) is 6.10 Å². The van der Waals surface area contributed by atoms with Gasteiger partial charge in [-0.2, -0.15) is 0 Å². The van der Waals surface area contributed by atoms with Gasteiger partial charge in [-0.05, 0) is 24.3 Å². The fourth-order valence-electron chi connectivity index (χ4n) is 2.60. The molecule has 1 unspecified atom stereocenters. The van der Waals surface area contributed by atoms with E-state index in [1.54, 1.807) is 6.92 Å². The van der Waals surface area contributed by atoms with Crippen LogP contribution in [0.25, 0.3) is 0 Å². The maximum Gasteiger partial charge on any atom is 0.249 e. The van der Waals surface area contributed by atoms with Gasteiger partial charge in [-0.15, -0.1) is 0 Å². The monoisotopic (exact) mass is 290 g/mol. The van der Waals surface area contributed by atoms with E-state index in [-0.39, 0.29) is 23.7 Å². The maximum absolute atomic E-state index is 12.0. The molecule has 114 valence electrons. The van der Waals surface area contributed by atoms with Gasteiger partial charge in [0.25, 0.3) is 0 Å². The Balaban J connectivity index is 1.79. The lowest BCUT2D eigenvalue weighted by atomic mass is 9.90. The topological polar surface area (TPSA) is 78.4 Å². The SMILES string of the molecule is C[C@@H](C[C@@H]1CCNC1=O)C(O)C(=O)NCc1ccccc1. The Kier molecular flexibility index (Phi) is 5.33. The van der Waals surface area contributed by atoms with Crippen molar-refractivity contribution < 1.29 is 14.7 Å². The summed E-state index contributed by atoms with van der Waals surface area (Å²) in [5.74, 6) is -0.685. The Morgan fingerprint density at radius 3 is 2.76 bits per heavy atom. The first kappa shape index (κ1) is 15.5. The summed E-state index contributed by atoms with van der Waals surface area (Å²) >= 11 is 0. The molecule has 2 amide bonds. The van der Waals surface area contributed by atoms with Gasteiger partial charge in [0.15, 0.2) is 0 Å². The number of carbonyl (C=O) groups is 2. The van der Waals surface area contributed by atoms with E-state index in [0.717, 1.165) is 12.0 Å². The normalized spacial score (nSPS) is 20.7. The number of aliphatic hydroxyl groups excluding tert-OH is 1. The molecule has 0 bridgehead atoms.